The number of benzene rings is 2. The third-order valence-electron chi connectivity index (χ3n) is 7.26. The largest absolute Gasteiger partial charge is 0.507 e. The lowest BCUT2D eigenvalue weighted by molar-refractivity contribution is -0.355. The van der Waals surface area contributed by atoms with Crippen LogP contribution in [0.25, 0.3) is 22.3 Å². The Morgan fingerprint density at radius 3 is 2.14 bits per heavy atom. The van der Waals surface area contributed by atoms with Crippen molar-refractivity contribution in [3.8, 4) is 34.3 Å². The summed E-state index contributed by atoms with van der Waals surface area (Å²) < 4.78 is 21.5. The van der Waals surface area contributed by atoms with Crippen LogP contribution < -0.4 is 5.43 Å². The first-order valence-electron chi connectivity index (χ1n) is 12.5. The summed E-state index contributed by atoms with van der Waals surface area (Å²) in [6, 6.07) is 5.47. The third-order valence-corrected chi connectivity index (χ3v) is 7.26. The van der Waals surface area contributed by atoms with Crippen molar-refractivity contribution in [2.75, 3.05) is 6.61 Å². The molecular weight excluding hydrogens is 568 g/mol. The van der Waals surface area contributed by atoms with Crippen LogP contribution in [0, 0.1) is 0 Å². The van der Waals surface area contributed by atoms with Gasteiger partial charge in [0.15, 0.2) is 29.5 Å². The number of phenolic OH excluding ortho intramolecular Hbond substituents is 4. The van der Waals surface area contributed by atoms with Gasteiger partial charge in [0.2, 0.25) is 0 Å². The molecule has 5 rings (SSSR count). The van der Waals surface area contributed by atoms with Gasteiger partial charge < -0.3 is 74.8 Å². The van der Waals surface area contributed by atoms with Crippen LogP contribution in [0.5, 0.6) is 23.0 Å². The van der Waals surface area contributed by atoms with Crippen molar-refractivity contribution in [3.05, 3.63) is 46.1 Å². The molecule has 2 aromatic carbocycles. The molecule has 42 heavy (non-hydrogen) atoms. The predicted octanol–water partition coefficient (Wildman–Crippen LogP) is -2.42. The fraction of sp³-hybridized carbons (Fsp3) is 0.423. The summed E-state index contributed by atoms with van der Waals surface area (Å²) in [7, 11) is 0. The molecule has 0 aliphatic carbocycles. The summed E-state index contributed by atoms with van der Waals surface area (Å²) in [5, 5.41) is 112. The summed E-state index contributed by atoms with van der Waals surface area (Å²) in [5.41, 5.74) is -1.60. The smallest absolute Gasteiger partial charge is 0.197 e. The Hall–Kier alpha value is -3.55. The summed E-state index contributed by atoms with van der Waals surface area (Å²) in [6.45, 7) is -0.800. The van der Waals surface area contributed by atoms with Crippen molar-refractivity contribution >= 4 is 11.0 Å². The van der Waals surface area contributed by atoms with Gasteiger partial charge in [-0.3, -0.25) is 4.79 Å². The maximum atomic E-state index is 13.0. The normalized spacial score (nSPS) is 33.6. The molecule has 2 aliphatic rings. The molecule has 3 heterocycles. The van der Waals surface area contributed by atoms with Gasteiger partial charge in [-0.15, -0.1) is 0 Å². The molecule has 10 atom stereocenters. The summed E-state index contributed by atoms with van der Waals surface area (Å²) >= 11 is 0. The minimum Gasteiger partial charge on any atom is -0.507 e. The van der Waals surface area contributed by atoms with Gasteiger partial charge in [-0.2, -0.15) is 0 Å². The van der Waals surface area contributed by atoms with Crippen molar-refractivity contribution in [2.45, 2.75) is 61.4 Å². The van der Waals surface area contributed by atoms with Crippen molar-refractivity contribution in [1.82, 2.24) is 0 Å². The molecule has 0 amide bonds. The third kappa shape index (κ3) is 5.03. The van der Waals surface area contributed by atoms with Crippen LogP contribution in [0.4, 0.5) is 0 Å². The Bertz CT molecular complexity index is 1520. The van der Waals surface area contributed by atoms with Gasteiger partial charge in [-0.25, -0.2) is 0 Å². The lowest BCUT2D eigenvalue weighted by atomic mass is 9.91. The Kier molecular flexibility index (Phi) is 8.03. The minimum absolute atomic E-state index is 0.102. The molecule has 0 bridgehead atoms. The number of aliphatic hydroxyl groups excluding tert-OH is 7. The number of aliphatic hydroxyl groups is 7. The average molecular weight is 596 g/mol. The van der Waals surface area contributed by atoms with E-state index in [2.05, 4.69) is 0 Å². The number of hydrogen-bond acceptors (Lipinski definition) is 16. The monoisotopic (exact) mass is 596 g/mol. The molecule has 2 fully saturated rings. The standard InChI is InChI=1S/C26H28O16/c27-6-14-17(32)19(34)20(35)26(40-14)42-24-21(36)23(41-25(38)22(24)37)16-11(31)5-13-15(18(16)33)10(30)4-12(39-13)7-1-2-8(28)9(29)3-7/h1-5,14,17,19-29,31-38H,6H2/t14-,17-,19+,20-,21+,22+,23+,24-,25+,26+/m1/s1. The highest BCUT2D eigenvalue weighted by molar-refractivity contribution is 5.88. The summed E-state index contributed by atoms with van der Waals surface area (Å²) in [4.78, 5) is 13.0. The van der Waals surface area contributed by atoms with E-state index in [4.69, 9.17) is 18.6 Å². The Morgan fingerprint density at radius 2 is 1.48 bits per heavy atom. The number of ether oxygens (including phenoxy) is 3. The van der Waals surface area contributed by atoms with Crippen LogP contribution >= 0.6 is 0 Å². The molecular formula is C26H28O16. The SMILES string of the molecule is O=c1cc(-c2ccc(O)c(O)c2)oc2cc(O)c([C@@H]3O[C@H](O)[C@@H](O)[C@H](O[C@@H]4O[C@H](CO)[C@@H](O)[C@H](O)[C@H]4O)[C@H]3O)c(O)c12. The first-order chi connectivity index (χ1) is 19.8. The molecule has 16 nitrogen and oxygen atoms in total. The number of fused-ring (bicyclic) bond motifs is 1. The van der Waals surface area contributed by atoms with E-state index in [1.807, 2.05) is 0 Å². The Balaban J connectivity index is 1.51. The van der Waals surface area contributed by atoms with Gasteiger partial charge in [0.25, 0.3) is 0 Å². The molecule has 0 saturated carbocycles. The zero-order valence-corrected chi connectivity index (χ0v) is 21.3. The summed E-state index contributed by atoms with van der Waals surface area (Å²) in [6.07, 6.45) is -18.7. The van der Waals surface area contributed by atoms with Crippen molar-refractivity contribution in [2.24, 2.45) is 0 Å². The van der Waals surface area contributed by atoms with Crippen LogP contribution in [0.3, 0.4) is 0 Å². The van der Waals surface area contributed by atoms with E-state index in [0.29, 0.717) is 0 Å². The van der Waals surface area contributed by atoms with Crippen molar-refractivity contribution in [1.29, 1.82) is 0 Å². The zero-order chi connectivity index (χ0) is 30.6. The van der Waals surface area contributed by atoms with Crippen molar-refractivity contribution in [3.63, 3.8) is 0 Å². The van der Waals surface area contributed by atoms with Crippen LogP contribution in [0.15, 0.2) is 39.5 Å². The molecule has 0 unspecified atom stereocenters. The number of aromatic hydroxyl groups is 4. The maximum Gasteiger partial charge on any atom is 0.197 e. The highest BCUT2D eigenvalue weighted by Gasteiger charge is 2.51. The number of rotatable bonds is 5. The number of hydrogen-bond donors (Lipinski definition) is 11. The van der Waals surface area contributed by atoms with E-state index in [1.54, 1.807) is 0 Å². The maximum absolute atomic E-state index is 13.0. The highest BCUT2D eigenvalue weighted by atomic mass is 16.7. The average Bonchev–Trinajstić information content (AvgIpc) is 2.94. The second-order valence-electron chi connectivity index (χ2n) is 9.94. The van der Waals surface area contributed by atoms with Gasteiger partial charge in [0, 0.05) is 17.7 Å². The van der Waals surface area contributed by atoms with E-state index < -0.39 is 107 Å². The minimum atomic E-state index is -2.12. The molecule has 0 spiro atoms. The van der Waals surface area contributed by atoms with E-state index in [1.165, 1.54) is 6.07 Å². The summed E-state index contributed by atoms with van der Waals surface area (Å²) in [5.74, 6) is -2.73. The quantitative estimate of drug-likeness (QED) is 0.137. The van der Waals surface area contributed by atoms with Gasteiger partial charge in [-0.05, 0) is 18.2 Å². The topological polar surface area (TPSA) is 280 Å². The van der Waals surface area contributed by atoms with Gasteiger partial charge in [-0.1, -0.05) is 0 Å². The van der Waals surface area contributed by atoms with E-state index in [0.717, 1.165) is 24.3 Å². The lowest BCUT2D eigenvalue weighted by Crippen LogP contribution is -2.63. The van der Waals surface area contributed by atoms with Gasteiger partial charge in [0.1, 0.15) is 77.1 Å². The van der Waals surface area contributed by atoms with Crippen LogP contribution in [0.1, 0.15) is 11.7 Å². The highest BCUT2D eigenvalue weighted by Crippen LogP contribution is 2.45. The molecule has 228 valence electrons. The Labute approximate surface area is 234 Å². The molecule has 2 saturated heterocycles. The second-order valence-corrected chi connectivity index (χ2v) is 9.94. The van der Waals surface area contributed by atoms with Gasteiger partial charge in [0.05, 0.1) is 12.2 Å². The second kappa shape index (κ2) is 11.3. The first-order valence-corrected chi connectivity index (χ1v) is 12.5. The molecule has 11 N–H and O–H groups in total. The zero-order valence-electron chi connectivity index (χ0n) is 21.3. The van der Waals surface area contributed by atoms with Crippen LogP contribution in [-0.4, -0.2) is 118 Å². The van der Waals surface area contributed by atoms with Crippen LogP contribution in [-0.2, 0) is 14.2 Å². The molecule has 3 aromatic rings. The lowest BCUT2D eigenvalue weighted by Gasteiger charge is -2.45. The van der Waals surface area contributed by atoms with Gasteiger partial charge >= 0.3 is 0 Å². The molecule has 2 aliphatic heterocycles. The fourth-order valence-electron chi connectivity index (χ4n) is 4.99. The van der Waals surface area contributed by atoms with E-state index in [-0.39, 0.29) is 16.9 Å². The van der Waals surface area contributed by atoms with Crippen LogP contribution in [0.2, 0.25) is 0 Å². The molecule has 16 heteroatoms. The van der Waals surface area contributed by atoms with Crippen molar-refractivity contribution < 1.29 is 74.8 Å². The first kappa shape index (κ1) is 29.9. The number of phenols is 4. The van der Waals surface area contributed by atoms with E-state index in [9.17, 15) is 61.0 Å². The molecule has 1 aromatic heterocycles. The fourth-order valence-corrected chi connectivity index (χ4v) is 4.99. The molecule has 0 radical (unpaired) electrons. The predicted molar refractivity (Wildman–Crippen MR) is 135 cm³/mol. The van der Waals surface area contributed by atoms with E-state index >= 15 is 0 Å². The Morgan fingerprint density at radius 1 is 0.762 bits per heavy atom.